The molecule has 5 heteroatoms. The minimum atomic E-state index is -1.68. The Kier molecular flexibility index (Phi) is 5.38. The Balaban J connectivity index is 4.07. The van der Waals surface area contributed by atoms with Gasteiger partial charge in [0.15, 0.2) is 16.6 Å². The number of hydrogen-bond donors (Lipinski definition) is 2. The van der Waals surface area contributed by atoms with Crippen molar-refractivity contribution in [3.8, 4) is 0 Å². The molecule has 0 bridgehead atoms. The normalized spacial score (nSPS) is 13.4. The van der Waals surface area contributed by atoms with Gasteiger partial charge in [0.25, 0.3) is 0 Å². The number of rotatable bonds is 6. The van der Waals surface area contributed by atoms with Gasteiger partial charge in [-0.25, -0.2) is 0 Å². The molecular weight excluding hydrogens is 200 g/mol. The van der Waals surface area contributed by atoms with Crippen LogP contribution in [0.15, 0.2) is 0 Å². The molecule has 0 radical (unpaired) electrons. The first-order valence-electron chi connectivity index (χ1n) is 4.75. The molecule has 13 heavy (non-hydrogen) atoms. The van der Waals surface area contributed by atoms with Crippen LogP contribution in [0, 0.1) is 0 Å². The predicted octanol–water partition coefficient (Wildman–Crippen LogP) is 1.40. The average molecular weight is 222 g/mol. The Morgan fingerprint density at radius 2 is 1.15 bits per heavy atom. The minimum absolute atomic E-state index is 0.211. The summed E-state index contributed by atoms with van der Waals surface area (Å²) in [6.07, 6.45) is 0. The first-order chi connectivity index (χ1) is 5.83. The molecule has 0 amide bonds. The maximum Gasteiger partial charge on any atom is 0.175 e. The van der Waals surface area contributed by atoms with Crippen LogP contribution in [0.4, 0.5) is 0 Å². The maximum atomic E-state index is 8.85. The van der Waals surface area contributed by atoms with Crippen LogP contribution < -0.4 is 0 Å². The van der Waals surface area contributed by atoms with Gasteiger partial charge in [0.05, 0.1) is 0 Å². The van der Waals surface area contributed by atoms with Crippen LogP contribution in [0.2, 0.25) is 38.3 Å². The van der Waals surface area contributed by atoms with E-state index in [1.54, 1.807) is 0 Å². The van der Waals surface area contributed by atoms with E-state index in [9.17, 15) is 0 Å². The lowest BCUT2D eigenvalue weighted by atomic mass is 10.9. The molecule has 0 rings (SSSR count). The fourth-order valence-electron chi connectivity index (χ4n) is 1.39. The summed E-state index contributed by atoms with van der Waals surface area (Å²) in [6.45, 7) is 8.90. The number of hydrogen-bond acceptors (Lipinski definition) is 3. The second-order valence-corrected chi connectivity index (χ2v) is 13.4. The third-order valence-electron chi connectivity index (χ3n) is 1.98. The van der Waals surface area contributed by atoms with Crippen molar-refractivity contribution in [2.45, 2.75) is 38.3 Å². The number of aliphatic hydroxyl groups is 2. The molecule has 0 atom stereocenters. The van der Waals surface area contributed by atoms with Gasteiger partial charge < -0.3 is 14.3 Å². The van der Waals surface area contributed by atoms with E-state index in [-0.39, 0.29) is 13.2 Å². The quantitative estimate of drug-likeness (QED) is 0.668. The monoisotopic (exact) mass is 222 g/mol. The molecule has 3 nitrogen and oxygen atoms in total. The molecule has 0 saturated heterocycles. The fourth-order valence-corrected chi connectivity index (χ4v) is 9.27. The lowest BCUT2D eigenvalue weighted by Crippen LogP contribution is -2.45. The molecule has 2 N–H and O–H groups in total. The molecule has 0 aromatic rings. The predicted molar refractivity (Wildman–Crippen MR) is 59.8 cm³/mol. The topological polar surface area (TPSA) is 49.7 Å². The average Bonchev–Trinajstić information content (AvgIpc) is 1.82. The van der Waals surface area contributed by atoms with E-state index < -0.39 is 16.6 Å². The van der Waals surface area contributed by atoms with Crippen LogP contribution in [-0.2, 0) is 4.12 Å². The fraction of sp³-hybridized carbons (Fsp3) is 1.00. The van der Waals surface area contributed by atoms with Crippen LogP contribution in [0.3, 0.4) is 0 Å². The molecule has 0 heterocycles. The van der Waals surface area contributed by atoms with Crippen LogP contribution in [0.25, 0.3) is 0 Å². The SMILES string of the molecule is C[Si](C)(CCO)O[Si](C)(C)CCO. The van der Waals surface area contributed by atoms with Gasteiger partial charge in [-0.15, -0.1) is 0 Å². The molecule has 0 aliphatic heterocycles. The molecule has 80 valence electrons. The third-order valence-corrected chi connectivity index (χ3v) is 9.26. The third kappa shape index (κ3) is 6.39. The van der Waals surface area contributed by atoms with Crippen molar-refractivity contribution < 1.29 is 14.3 Å². The van der Waals surface area contributed by atoms with E-state index in [2.05, 4.69) is 26.2 Å². The van der Waals surface area contributed by atoms with Gasteiger partial charge in [0.1, 0.15) is 0 Å². The van der Waals surface area contributed by atoms with E-state index in [0.29, 0.717) is 0 Å². The number of aliphatic hydroxyl groups excluding tert-OH is 2. The molecule has 0 aliphatic carbocycles. The van der Waals surface area contributed by atoms with Crippen molar-refractivity contribution in [2.24, 2.45) is 0 Å². The summed E-state index contributed by atoms with van der Waals surface area (Å²) in [5.41, 5.74) is 0. The largest absolute Gasteiger partial charge is 0.455 e. The molecule has 0 aliphatic rings. The van der Waals surface area contributed by atoms with Crippen LogP contribution in [-0.4, -0.2) is 40.1 Å². The standard InChI is InChI=1S/C8H22O3Si2/c1-12(2,7-5-9)11-13(3,4)8-6-10/h9-10H,5-8H2,1-4H3. The van der Waals surface area contributed by atoms with Gasteiger partial charge in [-0.1, -0.05) is 0 Å². The smallest absolute Gasteiger partial charge is 0.175 e. The zero-order valence-electron chi connectivity index (χ0n) is 9.13. The molecule has 0 saturated carbocycles. The summed E-state index contributed by atoms with van der Waals surface area (Å²) in [5, 5.41) is 17.7. The van der Waals surface area contributed by atoms with Crippen LogP contribution in [0.5, 0.6) is 0 Å². The van der Waals surface area contributed by atoms with Gasteiger partial charge >= 0.3 is 0 Å². The molecule has 0 unspecified atom stereocenters. The summed E-state index contributed by atoms with van der Waals surface area (Å²) in [7, 11) is -3.35. The summed E-state index contributed by atoms with van der Waals surface area (Å²) in [6, 6.07) is 1.57. The Hall–Kier alpha value is 0.314. The zero-order chi connectivity index (χ0) is 10.5. The molecular formula is C8H22O3Si2. The molecule has 0 fully saturated rings. The van der Waals surface area contributed by atoms with Gasteiger partial charge in [-0.2, -0.15) is 0 Å². The maximum absolute atomic E-state index is 8.85. The Labute approximate surface area is 83.0 Å². The highest BCUT2D eigenvalue weighted by Gasteiger charge is 2.31. The molecule has 0 aromatic heterocycles. The lowest BCUT2D eigenvalue weighted by molar-refractivity contribution is 0.305. The molecule has 0 aromatic carbocycles. The van der Waals surface area contributed by atoms with E-state index in [0.717, 1.165) is 12.1 Å². The minimum Gasteiger partial charge on any atom is -0.455 e. The van der Waals surface area contributed by atoms with Gasteiger partial charge in [0.2, 0.25) is 0 Å². The second-order valence-electron chi connectivity index (χ2n) is 4.57. The zero-order valence-corrected chi connectivity index (χ0v) is 11.1. The summed E-state index contributed by atoms with van der Waals surface area (Å²) < 4.78 is 6.06. The lowest BCUT2D eigenvalue weighted by Gasteiger charge is -2.33. The Morgan fingerprint density at radius 3 is 1.38 bits per heavy atom. The van der Waals surface area contributed by atoms with E-state index in [1.807, 2.05) is 0 Å². The highest BCUT2D eigenvalue weighted by atomic mass is 28.4. The molecule has 0 spiro atoms. The van der Waals surface area contributed by atoms with E-state index in [4.69, 9.17) is 14.3 Å². The van der Waals surface area contributed by atoms with Crippen molar-refractivity contribution in [2.75, 3.05) is 13.2 Å². The summed E-state index contributed by atoms with van der Waals surface area (Å²) >= 11 is 0. The first-order valence-corrected chi connectivity index (χ1v) is 11.0. The Morgan fingerprint density at radius 1 is 0.846 bits per heavy atom. The van der Waals surface area contributed by atoms with Crippen molar-refractivity contribution in [1.29, 1.82) is 0 Å². The first kappa shape index (κ1) is 13.3. The highest BCUT2D eigenvalue weighted by Crippen LogP contribution is 2.20. The van der Waals surface area contributed by atoms with Crippen LogP contribution in [0.1, 0.15) is 0 Å². The van der Waals surface area contributed by atoms with Gasteiger partial charge in [-0.3, -0.25) is 0 Å². The highest BCUT2D eigenvalue weighted by molar-refractivity contribution is 6.84. The van der Waals surface area contributed by atoms with Crippen LogP contribution >= 0.6 is 0 Å². The van der Waals surface area contributed by atoms with Crippen molar-refractivity contribution in [1.82, 2.24) is 0 Å². The Bertz CT molecular complexity index is 132. The van der Waals surface area contributed by atoms with Crippen molar-refractivity contribution in [3.63, 3.8) is 0 Å². The summed E-state index contributed by atoms with van der Waals surface area (Å²) in [4.78, 5) is 0. The van der Waals surface area contributed by atoms with Gasteiger partial charge in [-0.05, 0) is 38.3 Å². The van der Waals surface area contributed by atoms with Crippen molar-refractivity contribution >= 4 is 16.6 Å². The van der Waals surface area contributed by atoms with Gasteiger partial charge in [0, 0.05) is 13.2 Å². The summed E-state index contributed by atoms with van der Waals surface area (Å²) in [5.74, 6) is 0. The van der Waals surface area contributed by atoms with Crippen molar-refractivity contribution in [3.05, 3.63) is 0 Å². The van der Waals surface area contributed by atoms with E-state index >= 15 is 0 Å². The second kappa shape index (κ2) is 5.26. The van der Waals surface area contributed by atoms with E-state index in [1.165, 1.54) is 0 Å².